The summed E-state index contributed by atoms with van der Waals surface area (Å²) in [6.07, 6.45) is 1.95. The lowest BCUT2D eigenvalue weighted by atomic mass is 9.92. The van der Waals surface area contributed by atoms with Gasteiger partial charge in [-0.05, 0) is 39.2 Å². The molecule has 1 saturated heterocycles. The zero-order chi connectivity index (χ0) is 14.3. The predicted octanol–water partition coefficient (Wildman–Crippen LogP) is 0.458. The summed E-state index contributed by atoms with van der Waals surface area (Å²) < 4.78 is 10.5. The van der Waals surface area contributed by atoms with Crippen molar-refractivity contribution in [1.82, 2.24) is 4.90 Å². The molecule has 0 saturated carbocycles. The highest BCUT2D eigenvalue weighted by Gasteiger charge is 2.24. The van der Waals surface area contributed by atoms with Crippen molar-refractivity contribution in [3.8, 4) is 0 Å². The molecule has 5 heteroatoms. The van der Waals surface area contributed by atoms with Gasteiger partial charge in [0.05, 0.1) is 25.4 Å². The van der Waals surface area contributed by atoms with Gasteiger partial charge in [0.1, 0.15) is 0 Å². The van der Waals surface area contributed by atoms with Crippen LogP contribution in [0, 0.1) is 5.92 Å². The molecule has 3 N–H and O–H groups in total. The summed E-state index contributed by atoms with van der Waals surface area (Å²) in [7, 11) is 1.65. The molecule has 1 rings (SSSR count). The second-order valence-corrected chi connectivity index (χ2v) is 5.77. The Bertz CT molecular complexity index is 239. The van der Waals surface area contributed by atoms with Crippen molar-refractivity contribution in [2.24, 2.45) is 11.7 Å². The number of rotatable bonds is 8. The van der Waals surface area contributed by atoms with E-state index in [-0.39, 0.29) is 12.1 Å². The number of hydrogen-bond acceptors (Lipinski definition) is 5. The highest BCUT2D eigenvalue weighted by atomic mass is 16.5. The normalized spacial score (nSPS) is 26.1. The maximum atomic E-state index is 10.0. The summed E-state index contributed by atoms with van der Waals surface area (Å²) in [5.41, 5.74) is 5.96. The second kappa shape index (κ2) is 8.87. The van der Waals surface area contributed by atoms with E-state index in [0.717, 1.165) is 13.1 Å². The third-order valence-corrected chi connectivity index (χ3v) is 3.73. The van der Waals surface area contributed by atoms with Gasteiger partial charge in [0.25, 0.3) is 0 Å². The van der Waals surface area contributed by atoms with Crippen molar-refractivity contribution in [3.63, 3.8) is 0 Å². The first-order valence-corrected chi connectivity index (χ1v) is 7.29. The van der Waals surface area contributed by atoms with E-state index in [0.29, 0.717) is 25.7 Å². The van der Waals surface area contributed by atoms with E-state index in [1.165, 1.54) is 12.8 Å². The van der Waals surface area contributed by atoms with Gasteiger partial charge in [-0.15, -0.1) is 0 Å². The monoisotopic (exact) mass is 274 g/mol. The SMILES string of the molecule is COCC(C)OCC(O)CN1CCCC(C(C)N)C1. The molecule has 0 aromatic rings. The van der Waals surface area contributed by atoms with Gasteiger partial charge in [-0.2, -0.15) is 0 Å². The number of methoxy groups -OCH3 is 1. The topological polar surface area (TPSA) is 68.0 Å². The molecule has 0 radical (unpaired) electrons. The summed E-state index contributed by atoms with van der Waals surface area (Å²) >= 11 is 0. The largest absolute Gasteiger partial charge is 0.389 e. The fourth-order valence-electron chi connectivity index (χ4n) is 2.60. The van der Waals surface area contributed by atoms with Crippen molar-refractivity contribution in [1.29, 1.82) is 0 Å². The van der Waals surface area contributed by atoms with Crippen LogP contribution in [0.15, 0.2) is 0 Å². The molecule has 19 heavy (non-hydrogen) atoms. The smallest absolute Gasteiger partial charge is 0.0900 e. The lowest BCUT2D eigenvalue weighted by Gasteiger charge is -2.35. The van der Waals surface area contributed by atoms with E-state index < -0.39 is 6.10 Å². The van der Waals surface area contributed by atoms with Gasteiger partial charge < -0.3 is 25.2 Å². The number of piperidine rings is 1. The van der Waals surface area contributed by atoms with Crippen LogP contribution in [0.4, 0.5) is 0 Å². The number of β-amino-alcohol motifs (C(OH)–C–C–N with tert-alkyl or cyclic N) is 1. The summed E-state index contributed by atoms with van der Waals surface area (Å²) in [6, 6.07) is 0.234. The number of hydrogen-bond donors (Lipinski definition) is 2. The predicted molar refractivity (Wildman–Crippen MR) is 76.1 cm³/mol. The van der Waals surface area contributed by atoms with Crippen LogP contribution in [0.1, 0.15) is 26.7 Å². The fourth-order valence-corrected chi connectivity index (χ4v) is 2.60. The molecule has 4 unspecified atom stereocenters. The average molecular weight is 274 g/mol. The van der Waals surface area contributed by atoms with Crippen molar-refractivity contribution < 1.29 is 14.6 Å². The van der Waals surface area contributed by atoms with Crippen LogP contribution in [-0.2, 0) is 9.47 Å². The quantitative estimate of drug-likeness (QED) is 0.673. The Kier molecular flexibility index (Phi) is 7.87. The lowest BCUT2D eigenvalue weighted by molar-refractivity contribution is -0.0426. The van der Waals surface area contributed by atoms with E-state index >= 15 is 0 Å². The maximum absolute atomic E-state index is 10.0. The highest BCUT2D eigenvalue weighted by Crippen LogP contribution is 2.18. The van der Waals surface area contributed by atoms with Crippen molar-refractivity contribution in [2.45, 2.75) is 44.9 Å². The maximum Gasteiger partial charge on any atom is 0.0900 e. The van der Waals surface area contributed by atoms with Crippen molar-refractivity contribution in [3.05, 3.63) is 0 Å². The van der Waals surface area contributed by atoms with Gasteiger partial charge >= 0.3 is 0 Å². The molecule has 1 aliphatic heterocycles. The number of nitrogens with two attached hydrogens (primary N) is 1. The van der Waals surface area contributed by atoms with Crippen LogP contribution in [0.5, 0.6) is 0 Å². The minimum Gasteiger partial charge on any atom is -0.389 e. The Morgan fingerprint density at radius 2 is 2.11 bits per heavy atom. The van der Waals surface area contributed by atoms with E-state index in [4.69, 9.17) is 15.2 Å². The van der Waals surface area contributed by atoms with Crippen LogP contribution in [-0.4, -0.2) is 68.2 Å². The van der Waals surface area contributed by atoms with Gasteiger partial charge in [-0.25, -0.2) is 0 Å². The van der Waals surface area contributed by atoms with E-state index in [1.54, 1.807) is 7.11 Å². The van der Waals surface area contributed by atoms with Crippen LogP contribution >= 0.6 is 0 Å². The second-order valence-electron chi connectivity index (χ2n) is 5.77. The average Bonchev–Trinajstić information content (AvgIpc) is 2.37. The first-order chi connectivity index (χ1) is 9.02. The van der Waals surface area contributed by atoms with Gasteiger partial charge in [-0.1, -0.05) is 0 Å². The Hall–Kier alpha value is -0.200. The number of likely N-dealkylation sites (tertiary alicyclic amines) is 1. The zero-order valence-corrected chi connectivity index (χ0v) is 12.5. The third kappa shape index (κ3) is 6.68. The molecule has 0 aliphatic carbocycles. The van der Waals surface area contributed by atoms with Gasteiger partial charge in [0.15, 0.2) is 0 Å². The summed E-state index contributed by atoms with van der Waals surface area (Å²) in [4.78, 5) is 2.30. The molecule has 0 aromatic carbocycles. The zero-order valence-electron chi connectivity index (χ0n) is 12.5. The molecular weight excluding hydrogens is 244 g/mol. The summed E-state index contributed by atoms with van der Waals surface area (Å²) in [6.45, 7) is 7.65. The molecule has 0 amide bonds. The van der Waals surface area contributed by atoms with Crippen LogP contribution in [0.2, 0.25) is 0 Å². The molecule has 114 valence electrons. The minimum atomic E-state index is -0.439. The number of nitrogens with zero attached hydrogens (tertiary/aromatic N) is 1. The number of aliphatic hydroxyl groups excluding tert-OH is 1. The van der Waals surface area contributed by atoms with Crippen LogP contribution in [0.25, 0.3) is 0 Å². The minimum absolute atomic E-state index is 0.0258. The molecule has 5 nitrogen and oxygen atoms in total. The van der Waals surface area contributed by atoms with Crippen molar-refractivity contribution in [2.75, 3.05) is 40.0 Å². The third-order valence-electron chi connectivity index (χ3n) is 3.73. The summed E-state index contributed by atoms with van der Waals surface area (Å²) in [5, 5.41) is 10.0. The standard InChI is InChI=1S/C14H30N2O3/c1-11(9-18-3)19-10-14(17)8-16-6-4-5-13(7-16)12(2)15/h11-14,17H,4-10,15H2,1-3H3. The molecule has 0 spiro atoms. The molecule has 1 fully saturated rings. The molecule has 1 aliphatic rings. The van der Waals surface area contributed by atoms with E-state index in [1.807, 2.05) is 6.92 Å². The Labute approximate surface area is 117 Å². The molecule has 0 aromatic heterocycles. The molecule has 1 heterocycles. The Balaban J connectivity index is 2.22. The van der Waals surface area contributed by atoms with Crippen molar-refractivity contribution >= 4 is 0 Å². The molecule has 4 atom stereocenters. The lowest BCUT2D eigenvalue weighted by Crippen LogP contribution is -2.45. The van der Waals surface area contributed by atoms with Gasteiger partial charge in [0, 0.05) is 26.2 Å². The van der Waals surface area contributed by atoms with Gasteiger partial charge in [0.2, 0.25) is 0 Å². The highest BCUT2D eigenvalue weighted by molar-refractivity contribution is 4.79. The Morgan fingerprint density at radius 1 is 1.37 bits per heavy atom. The Morgan fingerprint density at radius 3 is 2.74 bits per heavy atom. The van der Waals surface area contributed by atoms with Crippen LogP contribution < -0.4 is 5.73 Å². The van der Waals surface area contributed by atoms with E-state index in [9.17, 15) is 5.11 Å². The first kappa shape index (κ1) is 16.9. The number of ether oxygens (including phenoxy) is 2. The van der Waals surface area contributed by atoms with Gasteiger partial charge in [-0.3, -0.25) is 0 Å². The van der Waals surface area contributed by atoms with Crippen LogP contribution in [0.3, 0.4) is 0 Å². The summed E-state index contributed by atoms with van der Waals surface area (Å²) in [5.74, 6) is 0.550. The molecular formula is C14H30N2O3. The fraction of sp³-hybridized carbons (Fsp3) is 1.00. The van der Waals surface area contributed by atoms with E-state index in [2.05, 4.69) is 11.8 Å². The number of aliphatic hydroxyl groups is 1. The molecule has 0 bridgehead atoms. The first-order valence-electron chi connectivity index (χ1n) is 7.29.